The Kier molecular flexibility index (Phi) is 5.98. The van der Waals surface area contributed by atoms with E-state index in [0.717, 1.165) is 12.0 Å². The molecule has 1 aliphatic carbocycles. The molecule has 0 radical (unpaired) electrons. The molecule has 0 aromatic heterocycles. The molecule has 0 saturated heterocycles. The Hall–Kier alpha value is -2.09. The molecule has 0 spiro atoms. The summed E-state index contributed by atoms with van der Waals surface area (Å²) in [6.45, 7) is 6.58. The molecule has 0 unspecified atom stereocenters. The minimum absolute atomic E-state index is 0.0351. The quantitative estimate of drug-likeness (QED) is 0.366. The number of hydrogen-bond donors (Lipinski definition) is 2. The van der Waals surface area contributed by atoms with Gasteiger partial charge < -0.3 is 9.84 Å². The van der Waals surface area contributed by atoms with Gasteiger partial charge in [-0.2, -0.15) is 5.10 Å². The van der Waals surface area contributed by atoms with Crippen LogP contribution in [0.4, 0.5) is 0 Å². The lowest BCUT2D eigenvalue weighted by atomic mass is 9.86. The van der Waals surface area contributed by atoms with Gasteiger partial charge in [0.05, 0.1) is 16.9 Å². The predicted molar refractivity (Wildman–Crippen MR) is 119 cm³/mol. The van der Waals surface area contributed by atoms with Crippen LogP contribution in [-0.4, -0.2) is 24.3 Å². The molecule has 1 saturated carbocycles. The van der Waals surface area contributed by atoms with Crippen LogP contribution in [0.25, 0.3) is 0 Å². The van der Waals surface area contributed by atoms with E-state index < -0.39 is 0 Å². The summed E-state index contributed by atoms with van der Waals surface area (Å²) in [5.41, 5.74) is 5.99. The van der Waals surface area contributed by atoms with E-state index >= 15 is 0 Å². The Balaban J connectivity index is 1.58. The van der Waals surface area contributed by atoms with Gasteiger partial charge in [0.2, 0.25) is 5.91 Å². The van der Waals surface area contributed by atoms with Crippen LogP contribution in [-0.2, 0) is 10.2 Å². The maximum Gasteiger partial charge on any atom is 0.243 e. The van der Waals surface area contributed by atoms with Crippen molar-refractivity contribution in [1.82, 2.24) is 5.43 Å². The van der Waals surface area contributed by atoms with Crippen LogP contribution in [0.1, 0.15) is 49.8 Å². The molecular weight excluding hydrogens is 467 g/mol. The van der Waals surface area contributed by atoms with Crippen molar-refractivity contribution in [3.63, 3.8) is 0 Å². The minimum Gasteiger partial charge on any atom is -0.504 e. The number of nitrogens with one attached hydrogen (secondary N) is 1. The van der Waals surface area contributed by atoms with Gasteiger partial charge in [-0.05, 0) is 69.2 Å². The van der Waals surface area contributed by atoms with Gasteiger partial charge in [-0.25, -0.2) is 5.43 Å². The van der Waals surface area contributed by atoms with Crippen molar-refractivity contribution in [2.24, 2.45) is 11.0 Å². The van der Waals surface area contributed by atoms with Gasteiger partial charge in [-0.1, -0.05) is 45.0 Å². The van der Waals surface area contributed by atoms with Gasteiger partial charge in [0.1, 0.15) is 0 Å². The monoisotopic (exact) mass is 492 g/mol. The van der Waals surface area contributed by atoms with Gasteiger partial charge in [0.15, 0.2) is 11.5 Å². The second-order valence-corrected chi connectivity index (χ2v) is 9.27. The highest BCUT2D eigenvalue weighted by Gasteiger charge is 2.44. The summed E-state index contributed by atoms with van der Waals surface area (Å²) in [5, 5.41) is 13.9. The second kappa shape index (κ2) is 8.11. The third-order valence-electron chi connectivity index (χ3n) is 4.99. The summed E-state index contributed by atoms with van der Waals surface area (Å²) in [6.07, 6.45) is 2.40. The van der Waals surface area contributed by atoms with Crippen molar-refractivity contribution in [2.75, 3.05) is 7.11 Å². The average Bonchev–Trinajstić information content (AvgIpc) is 3.44. The fraction of sp³-hybridized carbons (Fsp3) is 0.364. The first-order chi connectivity index (χ1) is 13.2. The lowest BCUT2D eigenvalue weighted by Crippen LogP contribution is -2.20. The zero-order valence-electron chi connectivity index (χ0n) is 16.5. The number of aromatic hydroxyl groups is 1. The summed E-state index contributed by atoms with van der Waals surface area (Å²) < 4.78 is 5.79. The summed E-state index contributed by atoms with van der Waals surface area (Å²) in [7, 11) is 1.50. The van der Waals surface area contributed by atoms with Crippen molar-refractivity contribution in [1.29, 1.82) is 0 Å². The number of ether oxygens (including phenoxy) is 1. The molecular formula is C22H25IN2O3. The highest BCUT2D eigenvalue weighted by molar-refractivity contribution is 14.1. The van der Waals surface area contributed by atoms with Crippen LogP contribution in [0.15, 0.2) is 41.5 Å². The van der Waals surface area contributed by atoms with Crippen LogP contribution >= 0.6 is 22.6 Å². The number of phenolic OH excluding ortho intramolecular Hbond substituents is 1. The highest BCUT2D eigenvalue weighted by atomic mass is 127. The van der Waals surface area contributed by atoms with Crippen molar-refractivity contribution < 1.29 is 14.6 Å². The number of phenols is 1. The van der Waals surface area contributed by atoms with Gasteiger partial charge in [-0.15, -0.1) is 0 Å². The average molecular weight is 492 g/mol. The molecule has 1 fully saturated rings. The number of rotatable bonds is 5. The summed E-state index contributed by atoms with van der Waals surface area (Å²) in [5.74, 6) is 0.635. The first-order valence-corrected chi connectivity index (χ1v) is 10.3. The molecule has 148 valence electrons. The van der Waals surface area contributed by atoms with Gasteiger partial charge >= 0.3 is 0 Å². The zero-order valence-corrected chi connectivity index (χ0v) is 18.6. The van der Waals surface area contributed by atoms with Crippen LogP contribution in [0.2, 0.25) is 0 Å². The van der Waals surface area contributed by atoms with E-state index in [4.69, 9.17) is 4.74 Å². The molecule has 2 aromatic carbocycles. The molecule has 2 atom stereocenters. The molecule has 0 aliphatic heterocycles. The normalized spacial score (nSPS) is 18.9. The van der Waals surface area contributed by atoms with Crippen LogP contribution in [0, 0.1) is 9.49 Å². The van der Waals surface area contributed by atoms with E-state index in [0.29, 0.717) is 9.32 Å². The third-order valence-corrected chi connectivity index (χ3v) is 5.81. The topological polar surface area (TPSA) is 70.9 Å². The van der Waals surface area contributed by atoms with Gasteiger partial charge in [0, 0.05) is 5.92 Å². The Morgan fingerprint density at radius 1 is 1.29 bits per heavy atom. The van der Waals surface area contributed by atoms with Gasteiger partial charge in [-0.3, -0.25) is 4.79 Å². The molecule has 2 N–H and O–H groups in total. The molecule has 5 nitrogen and oxygen atoms in total. The van der Waals surface area contributed by atoms with Crippen LogP contribution in [0.3, 0.4) is 0 Å². The Morgan fingerprint density at radius 2 is 1.96 bits per heavy atom. The van der Waals surface area contributed by atoms with Crippen LogP contribution < -0.4 is 10.2 Å². The third kappa shape index (κ3) is 4.66. The molecule has 1 aliphatic rings. The first-order valence-electron chi connectivity index (χ1n) is 9.20. The standard InChI is InChI=1S/C22H25IN2O3/c1-22(2,3)15-7-5-14(6-8-15)16-11-17(16)21(27)25-24-12-13-9-18(23)20(26)19(10-13)28-4/h5-10,12,16-17,26H,11H2,1-4H3,(H,25,27)/b24-12-/t16-,17-/m0/s1. The SMILES string of the molecule is COc1cc(/C=N\NC(=O)[C@H]2C[C@H]2c2ccc(C(C)(C)C)cc2)cc(I)c1O. The maximum absolute atomic E-state index is 12.4. The van der Waals surface area contributed by atoms with E-state index in [1.54, 1.807) is 18.3 Å². The number of carbonyl (C=O) groups excluding carboxylic acids is 1. The summed E-state index contributed by atoms with van der Waals surface area (Å²) in [6, 6.07) is 12.0. The molecule has 0 heterocycles. The summed E-state index contributed by atoms with van der Waals surface area (Å²) in [4.78, 5) is 12.4. The molecule has 1 amide bonds. The number of methoxy groups -OCH3 is 1. The number of halogens is 1. The lowest BCUT2D eigenvalue weighted by Gasteiger charge is -2.19. The smallest absolute Gasteiger partial charge is 0.243 e. The molecule has 3 rings (SSSR count). The largest absolute Gasteiger partial charge is 0.504 e. The Labute approximate surface area is 179 Å². The van der Waals surface area contributed by atoms with Crippen molar-refractivity contribution in [3.8, 4) is 11.5 Å². The predicted octanol–water partition coefficient (Wildman–Crippen LogP) is 4.56. The highest BCUT2D eigenvalue weighted by Crippen LogP contribution is 2.47. The fourth-order valence-corrected chi connectivity index (χ4v) is 3.79. The first kappa shape index (κ1) is 20.6. The van der Waals surface area contributed by atoms with Crippen molar-refractivity contribution in [2.45, 2.75) is 38.5 Å². The van der Waals surface area contributed by atoms with Gasteiger partial charge in [0.25, 0.3) is 0 Å². The zero-order chi connectivity index (χ0) is 20.5. The minimum atomic E-state index is -0.0680. The van der Waals surface area contributed by atoms with E-state index in [-0.39, 0.29) is 28.9 Å². The number of hydrazone groups is 1. The van der Waals surface area contributed by atoms with Crippen LogP contribution in [0.5, 0.6) is 11.5 Å². The molecule has 0 bridgehead atoms. The summed E-state index contributed by atoms with van der Waals surface area (Å²) >= 11 is 2.02. The fourth-order valence-electron chi connectivity index (χ4n) is 3.16. The molecule has 28 heavy (non-hydrogen) atoms. The van der Waals surface area contributed by atoms with E-state index in [1.165, 1.54) is 18.2 Å². The number of nitrogens with zero attached hydrogens (tertiary/aromatic N) is 1. The number of carbonyl (C=O) groups is 1. The van der Waals surface area contributed by atoms with E-state index in [2.05, 4.69) is 55.6 Å². The maximum atomic E-state index is 12.4. The van der Waals surface area contributed by atoms with E-state index in [1.807, 2.05) is 22.6 Å². The van der Waals surface area contributed by atoms with E-state index in [9.17, 15) is 9.90 Å². The number of amides is 1. The number of hydrogen-bond acceptors (Lipinski definition) is 4. The molecule has 6 heteroatoms. The Bertz CT molecular complexity index is 901. The lowest BCUT2D eigenvalue weighted by molar-refractivity contribution is -0.122. The number of benzene rings is 2. The molecule has 2 aromatic rings. The van der Waals surface area contributed by atoms with Crippen molar-refractivity contribution in [3.05, 3.63) is 56.7 Å². The second-order valence-electron chi connectivity index (χ2n) is 8.11. The Morgan fingerprint density at radius 3 is 2.57 bits per heavy atom. The van der Waals surface area contributed by atoms with Crippen molar-refractivity contribution >= 4 is 34.7 Å².